The minimum atomic E-state index is -0.556. The predicted molar refractivity (Wildman–Crippen MR) is 115 cm³/mol. The van der Waals surface area contributed by atoms with Gasteiger partial charge in [0.25, 0.3) is 11.8 Å². The Morgan fingerprint density at radius 3 is 1.79 bits per heavy atom. The van der Waals surface area contributed by atoms with E-state index in [2.05, 4.69) is 5.32 Å². The molecule has 1 aliphatic heterocycles. The molecule has 0 atom stereocenters. The summed E-state index contributed by atoms with van der Waals surface area (Å²) in [5.41, 5.74) is 3.06. The number of benzene rings is 2. The number of carbonyl (C=O) groups is 3. The van der Waals surface area contributed by atoms with E-state index >= 15 is 0 Å². The highest BCUT2D eigenvalue weighted by atomic mass is 35.5. The molecule has 7 heteroatoms. The largest absolute Gasteiger partial charge is 0.324 e. The van der Waals surface area contributed by atoms with Crippen molar-refractivity contribution in [2.45, 2.75) is 39.5 Å². The standard InChI is InChI=1S/C22H22Cl2N2O3/c1-11(2)13-6-5-7-14(12(3)4)20(13)25-19(27)10-26-21(28)15-8-17(23)18(24)9-16(15)22(26)29/h5-9,11-12H,10H2,1-4H3,(H,25,27). The highest BCUT2D eigenvalue weighted by Gasteiger charge is 2.37. The van der Waals surface area contributed by atoms with Gasteiger partial charge in [-0.1, -0.05) is 69.1 Å². The summed E-state index contributed by atoms with van der Waals surface area (Å²) in [6, 6.07) is 8.64. The van der Waals surface area contributed by atoms with Crippen molar-refractivity contribution < 1.29 is 14.4 Å². The number of rotatable bonds is 5. The third-order valence-electron chi connectivity index (χ3n) is 4.95. The summed E-state index contributed by atoms with van der Waals surface area (Å²) in [7, 11) is 0. The number of anilines is 1. The average Bonchev–Trinajstić information content (AvgIpc) is 2.86. The summed E-state index contributed by atoms with van der Waals surface area (Å²) >= 11 is 11.9. The maximum Gasteiger partial charge on any atom is 0.262 e. The fourth-order valence-electron chi connectivity index (χ4n) is 3.45. The first kappa shape index (κ1) is 21.3. The number of hydrogen-bond acceptors (Lipinski definition) is 3. The van der Waals surface area contributed by atoms with E-state index in [0.29, 0.717) is 0 Å². The third kappa shape index (κ3) is 4.02. The first-order valence-corrected chi connectivity index (χ1v) is 10.1. The molecule has 0 fully saturated rings. The highest BCUT2D eigenvalue weighted by molar-refractivity contribution is 6.43. The topological polar surface area (TPSA) is 66.5 Å². The SMILES string of the molecule is CC(C)c1cccc(C(C)C)c1NC(=O)CN1C(=O)c2cc(Cl)c(Cl)cc2C1=O. The van der Waals surface area contributed by atoms with Gasteiger partial charge in [0.15, 0.2) is 0 Å². The fourth-order valence-corrected chi connectivity index (χ4v) is 3.77. The van der Waals surface area contributed by atoms with Gasteiger partial charge >= 0.3 is 0 Å². The molecule has 0 spiro atoms. The normalized spacial score (nSPS) is 13.4. The van der Waals surface area contributed by atoms with Crippen molar-refractivity contribution in [3.05, 3.63) is 62.6 Å². The molecule has 1 heterocycles. The average molecular weight is 433 g/mol. The van der Waals surface area contributed by atoms with Gasteiger partial charge < -0.3 is 5.32 Å². The van der Waals surface area contributed by atoms with Crippen molar-refractivity contribution in [2.24, 2.45) is 0 Å². The van der Waals surface area contributed by atoms with Gasteiger partial charge in [-0.3, -0.25) is 19.3 Å². The minimum Gasteiger partial charge on any atom is -0.324 e. The molecule has 1 aliphatic rings. The second-order valence-electron chi connectivity index (χ2n) is 7.68. The summed E-state index contributed by atoms with van der Waals surface area (Å²) in [6.07, 6.45) is 0. The van der Waals surface area contributed by atoms with Crippen LogP contribution in [0.25, 0.3) is 0 Å². The lowest BCUT2D eigenvalue weighted by molar-refractivity contribution is -0.116. The lowest BCUT2D eigenvalue weighted by Crippen LogP contribution is -2.37. The van der Waals surface area contributed by atoms with Gasteiger partial charge in [0.05, 0.1) is 21.2 Å². The smallest absolute Gasteiger partial charge is 0.262 e. The van der Waals surface area contributed by atoms with Crippen molar-refractivity contribution in [3.63, 3.8) is 0 Å². The van der Waals surface area contributed by atoms with Gasteiger partial charge in [-0.15, -0.1) is 0 Å². The zero-order chi connectivity index (χ0) is 21.5. The monoisotopic (exact) mass is 432 g/mol. The number of amides is 3. The van der Waals surface area contributed by atoms with E-state index in [0.717, 1.165) is 21.7 Å². The Bertz CT molecular complexity index is 948. The summed E-state index contributed by atoms with van der Waals surface area (Å²) in [4.78, 5) is 39.0. The molecule has 5 nitrogen and oxygen atoms in total. The van der Waals surface area contributed by atoms with Crippen LogP contribution in [0.5, 0.6) is 0 Å². The van der Waals surface area contributed by atoms with Crippen LogP contribution in [-0.2, 0) is 4.79 Å². The van der Waals surface area contributed by atoms with Crippen molar-refractivity contribution in [2.75, 3.05) is 11.9 Å². The van der Waals surface area contributed by atoms with E-state index in [4.69, 9.17) is 23.2 Å². The number of carbonyl (C=O) groups excluding carboxylic acids is 3. The van der Waals surface area contributed by atoms with Gasteiger partial charge in [0, 0.05) is 5.69 Å². The molecule has 0 saturated heterocycles. The Kier molecular flexibility index (Phi) is 6.01. The number of nitrogens with zero attached hydrogens (tertiary/aromatic N) is 1. The van der Waals surface area contributed by atoms with Crippen LogP contribution in [0.2, 0.25) is 10.0 Å². The molecule has 0 unspecified atom stereocenters. The van der Waals surface area contributed by atoms with Crippen LogP contribution in [0.3, 0.4) is 0 Å². The zero-order valence-electron chi connectivity index (χ0n) is 16.7. The van der Waals surface area contributed by atoms with Crippen molar-refractivity contribution in [1.29, 1.82) is 0 Å². The second kappa shape index (κ2) is 8.17. The molecule has 3 amide bonds. The summed E-state index contributed by atoms with van der Waals surface area (Å²) in [5.74, 6) is -1.15. The molecule has 29 heavy (non-hydrogen) atoms. The first-order valence-electron chi connectivity index (χ1n) is 9.39. The molecular weight excluding hydrogens is 411 g/mol. The van der Waals surface area contributed by atoms with Crippen LogP contribution in [0.15, 0.2) is 30.3 Å². The first-order chi connectivity index (χ1) is 13.6. The predicted octanol–water partition coefficient (Wildman–Crippen LogP) is 5.47. The molecular formula is C22H22Cl2N2O3. The number of para-hydroxylation sites is 1. The number of halogens is 2. The summed E-state index contributed by atoms with van der Waals surface area (Å²) in [6.45, 7) is 7.81. The molecule has 1 N–H and O–H groups in total. The van der Waals surface area contributed by atoms with E-state index in [9.17, 15) is 14.4 Å². The fraction of sp³-hybridized carbons (Fsp3) is 0.318. The number of hydrogen-bond donors (Lipinski definition) is 1. The van der Waals surface area contributed by atoms with E-state index in [-0.39, 0.29) is 39.6 Å². The van der Waals surface area contributed by atoms with Gasteiger partial charge in [-0.25, -0.2) is 0 Å². The maximum atomic E-state index is 12.8. The molecule has 0 radical (unpaired) electrons. The van der Waals surface area contributed by atoms with Crippen LogP contribution in [0.4, 0.5) is 5.69 Å². The molecule has 2 aromatic rings. The maximum absolute atomic E-state index is 12.8. The molecule has 0 aromatic heterocycles. The Morgan fingerprint density at radius 1 is 0.931 bits per heavy atom. The minimum absolute atomic E-state index is 0.155. The molecule has 0 saturated carbocycles. The van der Waals surface area contributed by atoms with Gasteiger partial charge in [0.1, 0.15) is 6.54 Å². The van der Waals surface area contributed by atoms with E-state index in [1.165, 1.54) is 12.1 Å². The summed E-state index contributed by atoms with van der Waals surface area (Å²) in [5, 5.41) is 3.29. The van der Waals surface area contributed by atoms with Crippen LogP contribution in [-0.4, -0.2) is 29.2 Å². The molecule has 3 rings (SSSR count). The molecule has 0 bridgehead atoms. The lowest BCUT2D eigenvalue weighted by Gasteiger charge is -2.21. The van der Waals surface area contributed by atoms with Gasteiger partial charge in [0.2, 0.25) is 5.91 Å². The van der Waals surface area contributed by atoms with Crippen molar-refractivity contribution >= 4 is 46.6 Å². The van der Waals surface area contributed by atoms with Crippen molar-refractivity contribution in [1.82, 2.24) is 4.90 Å². The zero-order valence-corrected chi connectivity index (χ0v) is 18.2. The van der Waals surface area contributed by atoms with Gasteiger partial charge in [-0.2, -0.15) is 0 Å². The number of fused-ring (bicyclic) bond motifs is 1. The Morgan fingerprint density at radius 2 is 1.38 bits per heavy atom. The van der Waals surface area contributed by atoms with Crippen LogP contribution in [0.1, 0.15) is 71.4 Å². The van der Waals surface area contributed by atoms with Crippen LogP contribution >= 0.6 is 23.2 Å². The third-order valence-corrected chi connectivity index (χ3v) is 5.67. The van der Waals surface area contributed by atoms with E-state index in [1.807, 2.05) is 45.9 Å². The lowest BCUT2D eigenvalue weighted by atomic mass is 9.92. The number of nitrogens with one attached hydrogen (secondary N) is 1. The Labute approximate surface area is 180 Å². The van der Waals surface area contributed by atoms with Crippen LogP contribution in [0, 0.1) is 0 Å². The van der Waals surface area contributed by atoms with E-state index in [1.54, 1.807) is 0 Å². The Hall–Kier alpha value is -2.37. The molecule has 2 aromatic carbocycles. The quantitative estimate of drug-likeness (QED) is 0.636. The second-order valence-corrected chi connectivity index (χ2v) is 8.49. The number of imide groups is 1. The van der Waals surface area contributed by atoms with Crippen molar-refractivity contribution in [3.8, 4) is 0 Å². The molecule has 0 aliphatic carbocycles. The molecule has 152 valence electrons. The highest BCUT2D eigenvalue weighted by Crippen LogP contribution is 2.33. The van der Waals surface area contributed by atoms with Crippen LogP contribution < -0.4 is 5.32 Å². The Balaban J connectivity index is 1.86. The summed E-state index contributed by atoms with van der Waals surface area (Å²) < 4.78 is 0. The van der Waals surface area contributed by atoms with Gasteiger partial charge in [-0.05, 0) is 35.1 Å². The van der Waals surface area contributed by atoms with E-state index < -0.39 is 17.7 Å².